The second-order valence-electron chi connectivity index (χ2n) is 4.04. The van der Waals surface area contributed by atoms with Crippen molar-refractivity contribution >= 4 is 10.9 Å². The molecule has 0 saturated carbocycles. The fourth-order valence-electron chi connectivity index (χ4n) is 1.97. The third kappa shape index (κ3) is 1.61. The molecule has 0 atom stereocenters. The van der Waals surface area contributed by atoms with Crippen LogP contribution in [0.1, 0.15) is 5.56 Å². The number of benzene rings is 1. The Morgan fingerprint density at radius 1 is 1.28 bits per heavy atom. The van der Waals surface area contributed by atoms with Crippen molar-refractivity contribution in [2.45, 2.75) is 6.54 Å². The summed E-state index contributed by atoms with van der Waals surface area (Å²) < 4.78 is 0. The van der Waals surface area contributed by atoms with Gasteiger partial charge in [0.05, 0.1) is 0 Å². The number of para-hydroxylation sites is 1. The fourth-order valence-corrected chi connectivity index (χ4v) is 1.97. The zero-order valence-corrected chi connectivity index (χ0v) is 9.60. The lowest BCUT2D eigenvalue weighted by atomic mass is 10.1. The number of H-pyrrole nitrogens is 2. The van der Waals surface area contributed by atoms with E-state index in [0.717, 1.165) is 16.5 Å². The maximum atomic E-state index is 11.7. The summed E-state index contributed by atoms with van der Waals surface area (Å²) in [6, 6.07) is 7.87. The molecule has 5 heteroatoms. The van der Waals surface area contributed by atoms with Crippen LogP contribution in [0.3, 0.4) is 0 Å². The second-order valence-corrected chi connectivity index (χ2v) is 4.04. The van der Waals surface area contributed by atoms with E-state index in [1.807, 2.05) is 30.5 Å². The predicted octanol–water partition coefficient (Wildman–Crippen LogP) is 1.38. The summed E-state index contributed by atoms with van der Waals surface area (Å²) in [5.74, 6) is 0.551. The monoisotopic (exact) mass is 240 g/mol. The highest BCUT2D eigenvalue weighted by atomic mass is 16.1. The fraction of sp³-hybridized carbons (Fsp3) is 0.0769. The van der Waals surface area contributed by atoms with Crippen molar-refractivity contribution in [2.24, 2.45) is 5.73 Å². The van der Waals surface area contributed by atoms with Gasteiger partial charge in [-0.2, -0.15) is 0 Å². The number of aromatic amines is 2. The van der Waals surface area contributed by atoms with Gasteiger partial charge in [0.1, 0.15) is 5.82 Å². The number of fused-ring (bicyclic) bond motifs is 1. The average Bonchev–Trinajstić information content (AvgIpc) is 2.82. The molecule has 1 aromatic carbocycles. The van der Waals surface area contributed by atoms with Crippen LogP contribution in [0.15, 0.2) is 41.5 Å². The van der Waals surface area contributed by atoms with E-state index in [9.17, 15) is 4.79 Å². The van der Waals surface area contributed by atoms with Crippen molar-refractivity contribution in [3.63, 3.8) is 0 Å². The molecule has 2 aromatic heterocycles. The predicted molar refractivity (Wildman–Crippen MR) is 70.0 cm³/mol. The van der Waals surface area contributed by atoms with Crippen LogP contribution in [0.2, 0.25) is 0 Å². The van der Waals surface area contributed by atoms with Crippen molar-refractivity contribution in [2.75, 3.05) is 0 Å². The molecule has 5 nitrogen and oxygen atoms in total. The highest BCUT2D eigenvalue weighted by Crippen LogP contribution is 2.24. The SMILES string of the molecule is NCc1cnc(-c2c[nH]c3ccccc23)[nH]c1=O. The topological polar surface area (TPSA) is 87.6 Å². The van der Waals surface area contributed by atoms with Crippen molar-refractivity contribution < 1.29 is 0 Å². The largest absolute Gasteiger partial charge is 0.360 e. The van der Waals surface area contributed by atoms with Crippen LogP contribution in [-0.2, 0) is 6.54 Å². The number of hydrogen-bond donors (Lipinski definition) is 3. The molecule has 0 saturated heterocycles. The second kappa shape index (κ2) is 4.12. The summed E-state index contributed by atoms with van der Waals surface area (Å²) >= 11 is 0. The van der Waals surface area contributed by atoms with Gasteiger partial charge in [0, 0.05) is 41.0 Å². The van der Waals surface area contributed by atoms with Crippen LogP contribution in [0, 0.1) is 0 Å². The Hall–Kier alpha value is -2.40. The Balaban J connectivity index is 2.20. The molecule has 90 valence electrons. The van der Waals surface area contributed by atoms with Gasteiger partial charge < -0.3 is 15.7 Å². The van der Waals surface area contributed by atoms with E-state index in [-0.39, 0.29) is 12.1 Å². The van der Waals surface area contributed by atoms with Gasteiger partial charge in [-0.3, -0.25) is 4.79 Å². The molecule has 0 fully saturated rings. The van der Waals surface area contributed by atoms with Crippen LogP contribution in [0.25, 0.3) is 22.3 Å². The molecule has 3 rings (SSSR count). The van der Waals surface area contributed by atoms with E-state index in [0.29, 0.717) is 11.4 Å². The molecule has 0 amide bonds. The van der Waals surface area contributed by atoms with Gasteiger partial charge >= 0.3 is 0 Å². The maximum absolute atomic E-state index is 11.7. The summed E-state index contributed by atoms with van der Waals surface area (Å²) in [5, 5.41) is 1.03. The normalized spacial score (nSPS) is 10.9. The van der Waals surface area contributed by atoms with Crippen LogP contribution >= 0.6 is 0 Å². The lowest BCUT2D eigenvalue weighted by molar-refractivity contribution is 0.980. The number of nitrogens with one attached hydrogen (secondary N) is 2. The number of nitrogens with two attached hydrogens (primary N) is 1. The standard InChI is InChI=1S/C13H12N4O/c14-5-8-6-16-12(17-13(8)18)10-7-15-11-4-2-1-3-9(10)11/h1-4,6-7,15H,5,14H2,(H,16,17,18). The third-order valence-electron chi connectivity index (χ3n) is 2.94. The molecule has 0 spiro atoms. The first kappa shape index (κ1) is 10.7. The lowest BCUT2D eigenvalue weighted by Gasteiger charge is -2.00. The first-order valence-electron chi connectivity index (χ1n) is 5.64. The molecule has 0 radical (unpaired) electrons. The van der Waals surface area contributed by atoms with Crippen molar-refractivity contribution in [1.29, 1.82) is 0 Å². The van der Waals surface area contributed by atoms with Crippen LogP contribution in [-0.4, -0.2) is 15.0 Å². The minimum atomic E-state index is -0.187. The molecular weight excluding hydrogens is 228 g/mol. The van der Waals surface area contributed by atoms with Gasteiger partial charge in [-0.25, -0.2) is 4.98 Å². The van der Waals surface area contributed by atoms with Gasteiger partial charge in [0.15, 0.2) is 0 Å². The Kier molecular flexibility index (Phi) is 2.46. The Morgan fingerprint density at radius 3 is 2.89 bits per heavy atom. The summed E-state index contributed by atoms with van der Waals surface area (Å²) in [5.41, 5.74) is 7.63. The van der Waals surface area contributed by atoms with Gasteiger partial charge in [0.25, 0.3) is 5.56 Å². The van der Waals surface area contributed by atoms with E-state index in [1.165, 1.54) is 6.20 Å². The molecule has 2 heterocycles. The molecule has 18 heavy (non-hydrogen) atoms. The van der Waals surface area contributed by atoms with Gasteiger partial charge in [-0.15, -0.1) is 0 Å². The first-order chi connectivity index (χ1) is 8.79. The molecule has 0 unspecified atom stereocenters. The molecule has 3 aromatic rings. The van der Waals surface area contributed by atoms with E-state index in [1.54, 1.807) is 0 Å². The van der Waals surface area contributed by atoms with Crippen molar-refractivity contribution in [1.82, 2.24) is 15.0 Å². The van der Waals surface area contributed by atoms with Gasteiger partial charge in [0.2, 0.25) is 0 Å². The van der Waals surface area contributed by atoms with Crippen molar-refractivity contribution in [3.05, 3.63) is 52.6 Å². The number of aromatic nitrogens is 3. The first-order valence-corrected chi connectivity index (χ1v) is 5.64. The molecule has 0 bridgehead atoms. The van der Waals surface area contributed by atoms with Crippen LogP contribution in [0.4, 0.5) is 0 Å². The number of hydrogen-bond acceptors (Lipinski definition) is 3. The van der Waals surface area contributed by atoms with Gasteiger partial charge in [-0.05, 0) is 6.07 Å². The maximum Gasteiger partial charge on any atom is 0.255 e. The average molecular weight is 240 g/mol. The molecule has 0 aliphatic carbocycles. The number of nitrogens with zero attached hydrogens (tertiary/aromatic N) is 1. The quantitative estimate of drug-likeness (QED) is 0.632. The molecule has 0 aliphatic rings. The minimum absolute atomic E-state index is 0.187. The van der Waals surface area contributed by atoms with Gasteiger partial charge in [-0.1, -0.05) is 18.2 Å². The van der Waals surface area contributed by atoms with Crippen LogP contribution in [0.5, 0.6) is 0 Å². The molecular formula is C13H12N4O. The Morgan fingerprint density at radius 2 is 2.11 bits per heavy atom. The summed E-state index contributed by atoms with van der Waals surface area (Å²) in [4.78, 5) is 21.9. The minimum Gasteiger partial charge on any atom is -0.360 e. The lowest BCUT2D eigenvalue weighted by Crippen LogP contribution is -2.17. The highest BCUT2D eigenvalue weighted by molar-refractivity contribution is 5.93. The van der Waals surface area contributed by atoms with E-state index >= 15 is 0 Å². The summed E-state index contributed by atoms with van der Waals surface area (Å²) in [7, 11) is 0. The highest BCUT2D eigenvalue weighted by Gasteiger charge is 2.08. The van der Waals surface area contributed by atoms with E-state index in [2.05, 4.69) is 15.0 Å². The smallest absolute Gasteiger partial charge is 0.255 e. The molecule has 0 aliphatic heterocycles. The Labute approximate surface area is 103 Å². The Bertz CT molecular complexity index is 757. The summed E-state index contributed by atoms with van der Waals surface area (Å²) in [6.07, 6.45) is 3.36. The zero-order chi connectivity index (χ0) is 12.5. The van der Waals surface area contributed by atoms with Crippen LogP contribution < -0.4 is 11.3 Å². The van der Waals surface area contributed by atoms with E-state index < -0.39 is 0 Å². The summed E-state index contributed by atoms with van der Waals surface area (Å²) in [6.45, 7) is 0.191. The number of rotatable bonds is 2. The van der Waals surface area contributed by atoms with Crippen molar-refractivity contribution in [3.8, 4) is 11.4 Å². The molecule has 4 N–H and O–H groups in total. The van der Waals surface area contributed by atoms with E-state index in [4.69, 9.17) is 5.73 Å². The zero-order valence-electron chi connectivity index (χ0n) is 9.60. The third-order valence-corrected chi connectivity index (χ3v) is 2.94.